The van der Waals surface area contributed by atoms with Crippen molar-refractivity contribution in [3.05, 3.63) is 30.5 Å². The maximum Gasteiger partial charge on any atom is 0.168 e. The lowest BCUT2D eigenvalue weighted by Crippen LogP contribution is -2.21. The number of pyridine rings is 1. The standard InChI is InChI=1S/C14H20N2O/c1-2-11-17-13-9-6-10-15-14(13)16-12-7-4-3-5-8-12/h3-4,6,9-10,12H,2,5,7-8,11H2,1H3,(H,15,16). The summed E-state index contributed by atoms with van der Waals surface area (Å²) in [5, 5.41) is 3.47. The lowest BCUT2D eigenvalue weighted by atomic mass is 10.0. The van der Waals surface area contributed by atoms with Crippen LogP contribution in [0.5, 0.6) is 5.75 Å². The first-order chi connectivity index (χ1) is 8.40. The third kappa shape index (κ3) is 3.48. The molecule has 0 amide bonds. The Labute approximate surface area is 103 Å². The number of ether oxygens (including phenoxy) is 1. The van der Waals surface area contributed by atoms with Crippen LogP contribution < -0.4 is 10.1 Å². The van der Waals surface area contributed by atoms with Gasteiger partial charge in [-0.3, -0.25) is 0 Å². The van der Waals surface area contributed by atoms with Crippen LogP contribution in [0, 0.1) is 0 Å². The van der Waals surface area contributed by atoms with Crippen LogP contribution in [0.4, 0.5) is 5.82 Å². The zero-order valence-corrected chi connectivity index (χ0v) is 10.4. The third-order valence-electron chi connectivity index (χ3n) is 2.84. The highest BCUT2D eigenvalue weighted by Gasteiger charge is 2.12. The van der Waals surface area contributed by atoms with Gasteiger partial charge in [-0.1, -0.05) is 19.1 Å². The topological polar surface area (TPSA) is 34.1 Å². The molecule has 0 saturated heterocycles. The zero-order chi connectivity index (χ0) is 11.9. The Morgan fingerprint density at radius 3 is 3.18 bits per heavy atom. The average molecular weight is 232 g/mol. The van der Waals surface area contributed by atoms with Crippen molar-refractivity contribution >= 4 is 5.82 Å². The van der Waals surface area contributed by atoms with Crippen molar-refractivity contribution in [3.63, 3.8) is 0 Å². The van der Waals surface area contributed by atoms with Crippen molar-refractivity contribution in [1.29, 1.82) is 0 Å². The van der Waals surface area contributed by atoms with Crippen LogP contribution in [-0.2, 0) is 0 Å². The zero-order valence-electron chi connectivity index (χ0n) is 10.4. The van der Waals surface area contributed by atoms with E-state index in [1.807, 2.05) is 12.1 Å². The number of rotatable bonds is 5. The van der Waals surface area contributed by atoms with Crippen LogP contribution in [0.1, 0.15) is 32.6 Å². The van der Waals surface area contributed by atoms with Gasteiger partial charge in [-0.05, 0) is 37.8 Å². The number of nitrogens with zero attached hydrogens (tertiary/aromatic N) is 1. The van der Waals surface area contributed by atoms with Crippen LogP contribution in [0.15, 0.2) is 30.5 Å². The van der Waals surface area contributed by atoms with Crippen molar-refractivity contribution in [2.45, 2.75) is 38.6 Å². The SMILES string of the molecule is CCCOc1cccnc1NC1CC=CCC1. The Morgan fingerprint density at radius 2 is 2.41 bits per heavy atom. The summed E-state index contributed by atoms with van der Waals surface area (Å²) < 4.78 is 5.68. The maximum absolute atomic E-state index is 5.68. The highest BCUT2D eigenvalue weighted by atomic mass is 16.5. The molecule has 1 unspecified atom stereocenters. The predicted octanol–water partition coefficient (Wildman–Crippen LogP) is 3.39. The number of anilines is 1. The summed E-state index contributed by atoms with van der Waals surface area (Å²) in [6.45, 7) is 2.85. The Bertz CT molecular complexity index is 376. The molecule has 1 aromatic heterocycles. The van der Waals surface area contributed by atoms with Gasteiger partial charge in [-0.2, -0.15) is 0 Å². The minimum Gasteiger partial charge on any atom is -0.490 e. The largest absolute Gasteiger partial charge is 0.490 e. The number of hydrogen-bond donors (Lipinski definition) is 1. The molecule has 0 saturated carbocycles. The molecule has 0 bridgehead atoms. The van der Waals surface area contributed by atoms with Crippen molar-refractivity contribution in [3.8, 4) is 5.75 Å². The molecule has 0 aliphatic heterocycles. The van der Waals surface area contributed by atoms with Gasteiger partial charge in [0, 0.05) is 12.2 Å². The Morgan fingerprint density at radius 1 is 1.47 bits per heavy atom. The molecule has 17 heavy (non-hydrogen) atoms. The molecule has 2 rings (SSSR count). The highest BCUT2D eigenvalue weighted by molar-refractivity contribution is 5.50. The van der Waals surface area contributed by atoms with Crippen LogP contribution in [0.25, 0.3) is 0 Å². The normalized spacial score (nSPS) is 19.0. The van der Waals surface area contributed by atoms with Crippen molar-refractivity contribution in [2.24, 2.45) is 0 Å². The summed E-state index contributed by atoms with van der Waals surface area (Å²) in [4.78, 5) is 4.37. The molecule has 0 radical (unpaired) electrons. The second-order valence-electron chi connectivity index (χ2n) is 4.32. The summed E-state index contributed by atoms with van der Waals surface area (Å²) in [5.41, 5.74) is 0. The molecule has 1 aliphatic rings. The van der Waals surface area contributed by atoms with E-state index in [1.54, 1.807) is 6.20 Å². The molecule has 1 heterocycles. The molecule has 3 heteroatoms. The van der Waals surface area contributed by atoms with Crippen molar-refractivity contribution in [2.75, 3.05) is 11.9 Å². The first-order valence-electron chi connectivity index (χ1n) is 6.39. The Kier molecular flexibility index (Phi) is 4.42. The van der Waals surface area contributed by atoms with E-state index in [1.165, 1.54) is 6.42 Å². The minimum absolute atomic E-state index is 0.485. The predicted molar refractivity (Wildman–Crippen MR) is 70.4 cm³/mol. The summed E-state index contributed by atoms with van der Waals surface area (Å²) in [6, 6.07) is 4.37. The van der Waals surface area contributed by atoms with E-state index in [0.717, 1.165) is 37.4 Å². The van der Waals surface area contributed by atoms with Gasteiger partial charge in [0.1, 0.15) is 0 Å². The van der Waals surface area contributed by atoms with Gasteiger partial charge in [0.25, 0.3) is 0 Å². The third-order valence-corrected chi connectivity index (χ3v) is 2.84. The van der Waals surface area contributed by atoms with Gasteiger partial charge >= 0.3 is 0 Å². The van der Waals surface area contributed by atoms with E-state index in [-0.39, 0.29) is 0 Å². The summed E-state index contributed by atoms with van der Waals surface area (Å²) >= 11 is 0. The lowest BCUT2D eigenvalue weighted by molar-refractivity contribution is 0.317. The van der Waals surface area contributed by atoms with Gasteiger partial charge in [-0.15, -0.1) is 0 Å². The van der Waals surface area contributed by atoms with Gasteiger partial charge in [0.2, 0.25) is 0 Å². The molecule has 92 valence electrons. The highest BCUT2D eigenvalue weighted by Crippen LogP contribution is 2.24. The van der Waals surface area contributed by atoms with Crippen LogP contribution >= 0.6 is 0 Å². The van der Waals surface area contributed by atoms with E-state index in [9.17, 15) is 0 Å². The fourth-order valence-corrected chi connectivity index (χ4v) is 1.95. The van der Waals surface area contributed by atoms with Gasteiger partial charge in [-0.25, -0.2) is 4.98 Å². The molecule has 1 aromatic rings. The fraction of sp³-hybridized carbons (Fsp3) is 0.500. The summed E-state index contributed by atoms with van der Waals surface area (Å²) in [5.74, 6) is 1.74. The fourth-order valence-electron chi connectivity index (χ4n) is 1.95. The average Bonchev–Trinajstić information content (AvgIpc) is 2.39. The molecule has 0 spiro atoms. The molecule has 0 aromatic carbocycles. The van der Waals surface area contributed by atoms with E-state index in [0.29, 0.717) is 6.04 Å². The smallest absolute Gasteiger partial charge is 0.168 e. The number of aromatic nitrogens is 1. The molecule has 1 N–H and O–H groups in total. The van der Waals surface area contributed by atoms with E-state index < -0.39 is 0 Å². The first-order valence-corrected chi connectivity index (χ1v) is 6.39. The first kappa shape index (κ1) is 12.0. The molecular weight excluding hydrogens is 212 g/mol. The monoisotopic (exact) mass is 232 g/mol. The second-order valence-corrected chi connectivity index (χ2v) is 4.32. The van der Waals surface area contributed by atoms with Gasteiger partial charge in [0.05, 0.1) is 6.61 Å². The van der Waals surface area contributed by atoms with E-state index >= 15 is 0 Å². The number of allylic oxidation sites excluding steroid dienone is 1. The number of hydrogen-bond acceptors (Lipinski definition) is 3. The van der Waals surface area contributed by atoms with Crippen LogP contribution in [-0.4, -0.2) is 17.6 Å². The lowest BCUT2D eigenvalue weighted by Gasteiger charge is -2.21. The quantitative estimate of drug-likeness (QED) is 0.790. The molecule has 1 atom stereocenters. The van der Waals surface area contributed by atoms with Crippen LogP contribution in [0.3, 0.4) is 0 Å². The number of nitrogens with one attached hydrogen (secondary N) is 1. The molecule has 3 nitrogen and oxygen atoms in total. The Balaban J connectivity index is 2.00. The van der Waals surface area contributed by atoms with Crippen molar-refractivity contribution in [1.82, 2.24) is 4.98 Å². The van der Waals surface area contributed by atoms with Gasteiger partial charge in [0.15, 0.2) is 11.6 Å². The van der Waals surface area contributed by atoms with Crippen molar-refractivity contribution < 1.29 is 4.74 Å². The van der Waals surface area contributed by atoms with Gasteiger partial charge < -0.3 is 10.1 Å². The summed E-state index contributed by atoms with van der Waals surface area (Å²) in [7, 11) is 0. The minimum atomic E-state index is 0.485. The second kappa shape index (κ2) is 6.28. The molecule has 1 aliphatic carbocycles. The Hall–Kier alpha value is -1.51. The van der Waals surface area contributed by atoms with E-state index in [4.69, 9.17) is 4.74 Å². The summed E-state index contributed by atoms with van der Waals surface area (Å²) in [6.07, 6.45) is 10.7. The maximum atomic E-state index is 5.68. The van der Waals surface area contributed by atoms with E-state index in [2.05, 4.69) is 29.4 Å². The molecule has 0 fully saturated rings. The van der Waals surface area contributed by atoms with Crippen LogP contribution in [0.2, 0.25) is 0 Å². The molecular formula is C14H20N2O.